The summed E-state index contributed by atoms with van der Waals surface area (Å²) in [5.41, 5.74) is 6.02. The van der Waals surface area contributed by atoms with Gasteiger partial charge in [-0.15, -0.1) is 11.3 Å². The number of hydrogen-bond acceptors (Lipinski definition) is 5. The molecule has 1 aromatic carbocycles. The average Bonchev–Trinajstić information content (AvgIpc) is 2.97. The molecule has 4 nitrogen and oxygen atoms in total. The maximum atomic E-state index is 5.70. The standard InChI is InChI=1S/C15H16N4S/c1-10-8-13(18-12-5-3-2-4-11(10)12)14(19-16)9-15-17-6-7-20-15/h2-8,14,19H,9,16H2,1H3. The van der Waals surface area contributed by atoms with Crippen molar-refractivity contribution in [3.05, 3.63) is 58.2 Å². The number of aryl methyl sites for hydroxylation is 1. The van der Waals surface area contributed by atoms with Gasteiger partial charge in [-0.1, -0.05) is 18.2 Å². The van der Waals surface area contributed by atoms with E-state index in [9.17, 15) is 0 Å². The van der Waals surface area contributed by atoms with Gasteiger partial charge in [0.05, 0.1) is 22.3 Å². The first-order valence-electron chi connectivity index (χ1n) is 6.48. The fourth-order valence-corrected chi connectivity index (χ4v) is 2.99. The van der Waals surface area contributed by atoms with Gasteiger partial charge >= 0.3 is 0 Å². The Morgan fingerprint density at radius 3 is 2.95 bits per heavy atom. The Balaban J connectivity index is 1.99. The quantitative estimate of drug-likeness (QED) is 0.571. The van der Waals surface area contributed by atoms with E-state index in [1.54, 1.807) is 11.3 Å². The molecule has 0 aliphatic carbocycles. The van der Waals surface area contributed by atoms with Crippen LogP contribution in [0.2, 0.25) is 0 Å². The Morgan fingerprint density at radius 1 is 1.35 bits per heavy atom. The molecule has 0 fully saturated rings. The summed E-state index contributed by atoms with van der Waals surface area (Å²) in [6.07, 6.45) is 2.56. The van der Waals surface area contributed by atoms with Gasteiger partial charge in [0.2, 0.25) is 0 Å². The van der Waals surface area contributed by atoms with Crippen LogP contribution < -0.4 is 11.3 Å². The van der Waals surface area contributed by atoms with Gasteiger partial charge in [-0.25, -0.2) is 4.98 Å². The summed E-state index contributed by atoms with van der Waals surface area (Å²) in [7, 11) is 0. The van der Waals surface area contributed by atoms with Crippen molar-refractivity contribution in [1.29, 1.82) is 0 Å². The number of nitrogens with two attached hydrogens (primary N) is 1. The summed E-state index contributed by atoms with van der Waals surface area (Å²) < 4.78 is 0. The Kier molecular flexibility index (Phi) is 3.73. The van der Waals surface area contributed by atoms with Crippen LogP contribution in [0.1, 0.15) is 22.3 Å². The van der Waals surface area contributed by atoms with E-state index in [1.165, 1.54) is 10.9 Å². The van der Waals surface area contributed by atoms with Crippen molar-refractivity contribution in [3.63, 3.8) is 0 Å². The summed E-state index contributed by atoms with van der Waals surface area (Å²) in [4.78, 5) is 9.03. The first-order chi connectivity index (χ1) is 9.78. The number of para-hydroxylation sites is 1. The minimum absolute atomic E-state index is 0.0237. The molecule has 2 heterocycles. The van der Waals surface area contributed by atoms with Gasteiger partial charge in [0.1, 0.15) is 0 Å². The minimum atomic E-state index is -0.0237. The number of nitrogens with zero attached hydrogens (tertiary/aromatic N) is 2. The molecule has 0 spiro atoms. The number of thiazole rings is 1. The van der Waals surface area contributed by atoms with Gasteiger partial charge in [-0.3, -0.25) is 16.3 Å². The largest absolute Gasteiger partial charge is 0.271 e. The zero-order valence-corrected chi connectivity index (χ0v) is 12.0. The first kappa shape index (κ1) is 13.2. The molecular formula is C15H16N4S. The van der Waals surface area contributed by atoms with Crippen LogP contribution in [0.15, 0.2) is 41.9 Å². The van der Waals surface area contributed by atoms with Crippen LogP contribution >= 0.6 is 11.3 Å². The lowest BCUT2D eigenvalue weighted by Gasteiger charge is -2.15. The minimum Gasteiger partial charge on any atom is -0.271 e. The van der Waals surface area contributed by atoms with Crippen LogP contribution in [-0.4, -0.2) is 9.97 Å². The summed E-state index contributed by atoms with van der Waals surface area (Å²) in [5.74, 6) is 5.70. The number of nitrogens with one attached hydrogen (secondary N) is 1. The molecule has 102 valence electrons. The molecule has 3 rings (SSSR count). The molecule has 0 aliphatic heterocycles. The second-order valence-electron chi connectivity index (χ2n) is 4.73. The van der Waals surface area contributed by atoms with Gasteiger partial charge in [0, 0.05) is 23.4 Å². The molecule has 0 radical (unpaired) electrons. The summed E-state index contributed by atoms with van der Waals surface area (Å²) >= 11 is 1.63. The zero-order valence-electron chi connectivity index (χ0n) is 11.2. The molecular weight excluding hydrogens is 268 g/mol. The lowest BCUT2D eigenvalue weighted by Crippen LogP contribution is -2.30. The fraction of sp³-hybridized carbons (Fsp3) is 0.200. The Morgan fingerprint density at radius 2 is 2.20 bits per heavy atom. The first-order valence-corrected chi connectivity index (χ1v) is 7.36. The topological polar surface area (TPSA) is 63.8 Å². The molecule has 2 aromatic heterocycles. The molecule has 1 atom stereocenters. The molecule has 0 saturated heterocycles. The Bertz CT molecular complexity index is 709. The van der Waals surface area contributed by atoms with E-state index in [-0.39, 0.29) is 6.04 Å². The van der Waals surface area contributed by atoms with E-state index < -0.39 is 0 Å². The third kappa shape index (κ3) is 2.56. The highest BCUT2D eigenvalue weighted by Gasteiger charge is 2.15. The number of fused-ring (bicyclic) bond motifs is 1. The van der Waals surface area contributed by atoms with Crippen molar-refractivity contribution in [2.24, 2.45) is 5.84 Å². The van der Waals surface area contributed by atoms with Gasteiger partial charge in [-0.05, 0) is 24.6 Å². The smallest absolute Gasteiger partial charge is 0.0944 e. The van der Waals surface area contributed by atoms with E-state index in [2.05, 4.69) is 29.5 Å². The van der Waals surface area contributed by atoms with E-state index >= 15 is 0 Å². The number of aromatic nitrogens is 2. The lowest BCUT2D eigenvalue weighted by molar-refractivity contribution is 0.538. The monoisotopic (exact) mass is 284 g/mol. The second kappa shape index (κ2) is 5.66. The van der Waals surface area contributed by atoms with Crippen LogP contribution in [0.4, 0.5) is 0 Å². The number of hydrogen-bond donors (Lipinski definition) is 2. The van der Waals surface area contributed by atoms with Crippen molar-refractivity contribution < 1.29 is 0 Å². The van der Waals surface area contributed by atoms with Crippen LogP contribution in [0.25, 0.3) is 10.9 Å². The van der Waals surface area contributed by atoms with Gasteiger partial charge in [0.25, 0.3) is 0 Å². The number of hydrazine groups is 1. The van der Waals surface area contributed by atoms with Crippen molar-refractivity contribution >= 4 is 22.2 Å². The number of benzene rings is 1. The predicted octanol–water partition coefficient (Wildman–Crippen LogP) is 2.75. The van der Waals surface area contributed by atoms with Gasteiger partial charge < -0.3 is 0 Å². The van der Waals surface area contributed by atoms with E-state index in [0.29, 0.717) is 0 Å². The highest BCUT2D eigenvalue weighted by Crippen LogP contribution is 2.23. The summed E-state index contributed by atoms with van der Waals surface area (Å²) in [6, 6.07) is 10.2. The molecule has 3 aromatic rings. The highest BCUT2D eigenvalue weighted by atomic mass is 32.1. The second-order valence-corrected chi connectivity index (χ2v) is 5.71. The van der Waals surface area contributed by atoms with Crippen LogP contribution in [0, 0.1) is 6.92 Å². The molecule has 0 bridgehead atoms. The SMILES string of the molecule is Cc1cc(C(Cc2nccs2)NN)nc2ccccc12. The number of pyridine rings is 1. The third-order valence-corrected chi connectivity index (χ3v) is 4.17. The predicted molar refractivity (Wildman–Crippen MR) is 82.4 cm³/mol. The van der Waals surface area contributed by atoms with E-state index in [4.69, 9.17) is 10.8 Å². The van der Waals surface area contributed by atoms with Crippen molar-refractivity contribution in [2.75, 3.05) is 0 Å². The maximum Gasteiger partial charge on any atom is 0.0944 e. The van der Waals surface area contributed by atoms with Gasteiger partial charge in [0.15, 0.2) is 0 Å². The average molecular weight is 284 g/mol. The summed E-state index contributed by atoms with van der Waals surface area (Å²) in [6.45, 7) is 2.10. The van der Waals surface area contributed by atoms with Crippen LogP contribution in [0.5, 0.6) is 0 Å². The normalized spacial score (nSPS) is 12.7. The fourth-order valence-electron chi connectivity index (χ4n) is 2.33. The third-order valence-electron chi connectivity index (χ3n) is 3.36. The summed E-state index contributed by atoms with van der Waals surface area (Å²) in [5, 5.41) is 4.21. The van der Waals surface area contributed by atoms with Gasteiger partial charge in [-0.2, -0.15) is 0 Å². The molecule has 0 aliphatic rings. The Hall–Kier alpha value is -1.82. The van der Waals surface area contributed by atoms with Crippen molar-refractivity contribution in [2.45, 2.75) is 19.4 Å². The van der Waals surface area contributed by atoms with Crippen molar-refractivity contribution in [1.82, 2.24) is 15.4 Å². The molecule has 0 amide bonds. The molecule has 1 unspecified atom stereocenters. The maximum absolute atomic E-state index is 5.70. The molecule has 20 heavy (non-hydrogen) atoms. The van der Waals surface area contributed by atoms with Crippen molar-refractivity contribution in [3.8, 4) is 0 Å². The van der Waals surface area contributed by atoms with E-state index in [1.807, 2.05) is 29.8 Å². The van der Waals surface area contributed by atoms with Crippen LogP contribution in [0.3, 0.4) is 0 Å². The number of rotatable bonds is 4. The lowest BCUT2D eigenvalue weighted by atomic mass is 10.0. The zero-order chi connectivity index (χ0) is 13.9. The molecule has 3 N–H and O–H groups in total. The van der Waals surface area contributed by atoms with E-state index in [0.717, 1.165) is 22.6 Å². The van der Waals surface area contributed by atoms with Crippen LogP contribution in [-0.2, 0) is 6.42 Å². The highest BCUT2D eigenvalue weighted by molar-refractivity contribution is 7.09. The molecule has 5 heteroatoms. The molecule has 0 saturated carbocycles. The Labute approximate surface area is 121 Å².